The van der Waals surface area contributed by atoms with E-state index in [1.807, 2.05) is 37.3 Å². The van der Waals surface area contributed by atoms with Gasteiger partial charge in [0.15, 0.2) is 5.75 Å². The van der Waals surface area contributed by atoms with Gasteiger partial charge in [0.25, 0.3) is 0 Å². The Bertz CT molecular complexity index is 779. The number of carboxylic acid groups (broad SMARTS) is 1. The molecule has 0 bridgehead atoms. The van der Waals surface area contributed by atoms with Crippen molar-refractivity contribution < 1.29 is 19.4 Å². The molecule has 0 spiro atoms. The lowest BCUT2D eigenvalue weighted by atomic mass is 9.66. The molecule has 2 N–H and O–H groups in total. The Balaban J connectivity index is 1.71. The number of hydrogen-bond acceptors (Lipinski definition) is 3. The van der Waals surface area contributed by atoms with Gasteiger partial charge in [-0.25, -0.2) is 0 Å². The van der Waals surface area contributed by atoms with Crippen molar-refractivity contribution in [2.24, 2.45) is 5.41 Å². The molecule has 3 rings (SSSR count). The van der Waals surface area contributed by atoms with Gasteiger partial charge in [0, 0.05) is 6.42 Å². The van der Waals surface area contributed by atoms with Gasteiger partial charge >= 0.3 is 5.97 Å². The Kier molecular flexibility index (Phi) is 4.74. The van der Waals surface area contributed by atoms with Crippen LogP contribution in [0.25, 0.3) is 0 Å². The van der Waals surface area contributed by atoms with E-state index in [-0.39, 0.29) is 12.3 Å². The zero-order valence-electron chi connectivity index (χ0n) is 14.1. The number of anilines is 1. The fraction of sp³-hybridized carbons (Fsp3) is 0.300. The molecule has 25 heavy (non-hydrogen) atoms. The molecule has 2 aromatic carbocycles. The van der Waals surface area contributed by atoms with Crippen LogP contribution >= 0.6 is 0 Å². The van der Waals surface area contributed by atoms with Gasteiger partial charge in [0.05, 0.1) is 11.1 Å². The molecule has 1 aliphatic carbocycles. The van der Waals surface area contributed by atoms with Crippen LogP contribution in [0.5, 0.6) is 11.5 Å². The Morgan fingerprint density at radius 1 is 1.12 bits per heavy atom. The molecule has 0 radical (unpaired) electrons. The molecule has 1 amide bonds. The minimum absolute atomic E-state index is 0.0127. The zero-order valence-corrected chi connectivity index (χ0v) is 14.1. The first kappa shape index (κ1) is 17.0. The van der Waals surface area contributed by atoms with E-state index in [4.69, 9.17) is 4.74 Å². The van der Waals surface area contributed by atoms with Gasteiger partial charge in [-0.2, -0.15) is 0 Å². The number of benzene rings is 2. The summed E-state index contributed by atoms with van der Waals surface area (Å²) in [4.78, 5) is 23.8. The third-order valence-electron chi connectivity index (χ3n) is 4.67. The average Bonchev–Trinajstić information content (AvgIpc) is 2.54. The smallest absolute Gasteiger partial charge is 0.310 e. The molecular formula is C20H21NO4. The summed E-state index contributed by atoms with van der Waals surface area (Å²) in [5.41, 5.74) is 0.762. The van der Waals surface area contributed by atoms with Gasteiger partial charge in [-0.1, -0.05) is 36.2 Å². The number of para-hydroxylation sites is 2. The zero-order chi connectivity index (χ0) is 17.9. The number of amides is 1. The van der Waals surface area contributed by atoms with Crippen molar-refractivity contribution in [3.8, 4) is 11.5 Å². The highest BCUT2D eigenvalue weighted by atomic mass is 16.5. The second kappa shape index (κ2) is 6.97. The molecule has 0 unspecified atom stereocenters. The molecule has 0 heterocycles. The van der Waals surface area contributed by atoms with E-state index in [0.717, 1.165) is 12.0 Å². The fourth-order valence-electron chi connectivity index (χ4n) is 2.96. The standard InChI is InChI=1S/C20H21NO4/c1-14-7-9-15(10-8-14)25-17-6-3-2-5-16(17)21-18(22)13-20(19(23)24)11-4-12-20/h2-3,5-10H,4,11-13H2,1H3,(H,21,22)(H,23,24). The number of hydrogen-bond donors (Lipinski definition) is 2. The van der Waals surface area contributed by atoms with Crippen molar-refractivity contribution in [1.82, 2.24) is 0 Å². The van der Waals surface area contributed by atoms with E-state index in [1.54, 1.807) is 18.2 Å². The predicted octanol–water partition coefficient (Wildman–Crippen LogP) is 4.37. The highest BCUT2D eigenvalue weighted by Gasteiger charge is 2.45. The Labute approximate surface area is 146 Å². The summed E-state index contributed by atoms with van der Waals surface area (Å²) in [7, 11) is 0. The van der Waals surface area contributed by atoms with E-state index < -0.39 is 11.4 Å². The minimum Gasteiger partial charge on any atom is -0.481 e. The largest absolute Gasteiger partial charge is 0.481 e. The van der Waals surface area contributed by atoms with Gasteiger partial charge in [0.1, 0.15) is 5.75 Å². The molecule has 5 nitrogen and oxygen atoms in total. The number of rotatable bonds is 6. The lowest BCUT2D eigenvalue weighted by Gasteiger charge is -2.36. The lowest BCUT2D eigenvalue weighted by molar-refractivity contribution is -0.157. The van der Waals surface area contributed by atoms with Crippen LogP contribution in [0.2, 0.25) is 0 Å². The minimum atomic E-state index is -0.906. The highest BCUT2D eigenvalue weighted by Crippen LogP contribution is 2.44. The van der Waals surface area contributed by atoms with Crippen molar-refractivity contribution in [3.63, 3.8) is 0 Å². The fourth-order valence-corrected chi connectivity index (χ4v) is 2.96. The number of aryl methyl sites for hydroxylation is 1. The van der Waals surface area contributed by atoms with E-state index in [0.29, 0.717) is 30.0 Å². The second-order valence-corrected chi connectivity index (χ2v) is 6.58. The van der Waals surface area contributed by atoms with Crippen LogP contribution in [0.1, 0.15) is 31.2 Å². The second-order valence-electron chi connectivity index (χ2n) is 6.58. The first-order chi connectivity index (χ1) is 12.0. The lowest BCUT2D eigenvalue weighted by Crippen LogP contribution is -2.41. The predicted molar refractivity (Wildman–Crippen MR) is 94.9 cm³/mol. The number of nitrogens with one attached hydrogen (secondary N) is 1. The topological polar surface area (TPSA) is 75.6 Å². The number of carbonyl (C=O) groups excluding carboxylic acids is 1. The summed E-state index contributed by atoms with van der Waals surface area (Å²) < 4.78 is 5.85. The van der Waals surface area contributed by atoms with Crippen LogP contribution < -0.4 is 10.1 Å². The Hall–Kier alpha value is -2.82. The monoisotopic (exact) mass is 339 g/mol. The molecule has 1 fully saturated rings. The van der Waals surface area contributed by atoms with Gasteiger partial charge < -0.3 is 15.2 Å². The third kappa shape index (κ3) is 3.82. The summed E-state index contributed by atoms with van der Waals surface area (Å²) >= 11 is 0. The summed E-state index contributed by atoms with van der Waals surface area (Å²) in [6, 6.07) is 14.8. The van der Waals surface area contributed by atoms with E-state index in [9.17, 15) is 14.7 Å². The van der Waals surface area contributed by atoms with E-state index in [1.165, 1.54) is 0 Å². The molecule has 2 aromatic rings. The van der Waals surface area contributed by atoms with Crippen LogP contribution in [0.15, 0.2) is 48.5 Å². The van der Waals surface area contributed by atoms with Gasteiger partial charge in [0.2, 0.25) is 5.91 Å². The number of carboxylic acids is 1. The van der Waals surface area contributed by atoms with Gasteiger partial charge in [-0.15, -0.1) is 0 Å². The number of carbonyl (C=O) groups is 2. The maximum atomic E-state index is 12.3. The van der Waals surface area contributed by atoms with Crippen LogP contribution in [-0.2, 0) is 9.59 Å². The third-order valence-corrected chi connectivity index (χ3v) is 4.67. The summed E-state index contributed by atoms with van der Waals surface area (Å²) in [6.07, 6.45) is 1.95. The molecular weight excluding hydrogens is 318 g/mol. The van der Waals surface area contributed by atoms with E-state index in [2.05, 4.69) is 5.32 Å². The van der Waals surface area contributed by atoms with Crippen LogP contribution in [0.4, 0.5) is 5.69 Å². The van der Waals surface area contributed by atoms with Crippen molar-refractivity contribution in [3.05, 3.63) is 54.1 Å². The highest BCUT2D eigenvalue weighted by molar-refractivity contribution is 5.95. The van der Waals surface area contributed by atoms with Crippen molar-refractivity contribution >= 4 is 17.6 Å². The van der Waals surface area contributed by atoms with Crippen LogP contribution in [0.3, 0.4) is 0 Å². The quantitative estimate of drug-likeness (QED) is 0.819. The first-order valence-electron chi connectivity index (χ1n) is 8.35. The first-order valence-corrected chi connectivity index (χ1v) is 8.35. The number of ether oxygens (including phenoxy) is 1. The Morgan fingerprint density at radius 2 is 1.80 bits per heavy atom. The maximum absolute atomic E-state index is 12.3. The molecule has 0 saturated heterocycles. The van der Waals surface area contributed by atoms with Crippen LogP contribution in [0, 0.1) is 12.3 Å². The Morgan fingerprint density at radius 3 is 2.40 bits per heavy atom. The SMILES string of the molecule is Cc1ccc(Oc2ccccc2NC(=O)CC2(C(=O)O)CCC2)cc1. The van der Waals surface area contributed by atoms with Crippen molar-refractivity contribution in [1.29, 1.82) is 0 Å². The van der Waals surface area contributed by atoms with Crippen molar-refractivity contribution in [2.75, 3.05) is 5.32 Å². The molecule has 0 atom stereocenters. The molecule has 5 heteroatoms. The summed E-state index contributed by atoms with van der Waals surface area (Å²) in [5.74, 6) is 0.00568. The molecule has 1 aliphatic rings. The van der Waals surface area contributed by atoms with Crippen molar-refractivity contribution in [2.45, 2.75) is 32.6 Å². The normalized spacial score (nSPS) is 15.1. The molecule has 1 saturated carbocycles. The van der Waals surface area contributed by atoms with Gasteiger partial charge in [-0.3, -0.25) is 9.59 Å². The van der Waals surface area contributed by atoms with Gasteiger partial charge in [-0.05, 0) is 44.0 Å². The average molecular weight is 339 g/mol. The maximum Gasteiger partial charge on any atom is 0.310 e. The molecule has 0 aromatic heterocycles. The van der Waals surface area contributed by atoms with Crippen LogP contribution in [-0.4, -0.2) is 17.0 Å². The van der Waals surface area contributed by atoms with E-state index >= 15 is 0 Å². The molecule has 0 aliphatic heterocycles. The summed E-state index contributed by atoms with van der Waals surface area (Å²) in [5, 5.41) is 12.2. The summed E-state index contributed by atoms with van der Waals surface area (Å²) in [6.45, 7) is 2.00. The number of aliphatic carboxylic acids is 1. The molecule has 130 valence electrons.